The van der Waals surface area contributed by atoms with Crippen LogP contribution in [0.15, 0.2) is 23.3 Å². The molecule has 1 aromatic heterocycles. The Morgan fingerprint density at radius 1 is 1.60 bits per heavy atom. The van der Waals surface area contributed by atoms with Gasteiger partial charge in [-0.15, -0.1) is 0 Å². The monoisotopic (exact) mass is 207 g/mol. The Balaban J connectivity index is 2.76. The number of aromatic nitrogens is 1. The first-order valence-corrected chi connectivity index (χ1v) is 4.72. The van der Waals surface area contributed by atoms with E-state index in [1.54, 1.807) is 13.2 Å². The second kappa shape index (κ2) is 5.19. The van der Waals surface area contributed by atoms with Crippen molar-refractivity contribution >= 4 is 11.6 Å². The van der Waals surface area contributed by atoms with Crippen LogP contribution in [0.4, 0.5) is 5.69 Å². The van der Waals surface area contributed by atoms with E-state index in [0.717, 1.165) is 11.4 Å². The van der Waals surface area contributed by atoms with Crippen LogP contribution >= 0.6 is 0 Å². The molecular weight excluding hydrogens is 190 g/mol. The summed E-state index contributed by atoms with van der Waals surface area (Å²) in [4.78, 5) is 10.1. The molecular formula is C10H17N5. The smallest absolute Gasteiger partial charge is 0.188 e. The summed E-state index contributed by atoms with van der Waals surface area (Å²) in [6.07, 6.45) is 1.77. The quantitative estimate of drug-likeness (QED) is 0.548. The lowest BCUT2D eigenvalue weighted by molar-refractivity contribution is 0.855. The molecule has 0 saturated carbocycles. The van der Waals surface area contributed by atoms with E-state index >= 15 is 0 Å². The number of guanidine groups is 1. The summed E-state index contributed by atoms with van der Waals surface area (Å²) in [6.45, 7) is 0.581. The summed E-state index contributed by atoms with van der Waals surface area (Å²) in [7, 11) is 5.61. The molecule has 82 valence electrons. The number of nitrogens with one attached hydrogen (secondary N) is 1. The van der Waals surface area contributed by atoms with Crippen molar-refractivity contribution in [3.8, 4) is 0 Å². The van der Waals surface area contributed by atoms with Gasteiger partial charge >= 0.3 is 0 Å². The highest BCUT2D eigenvalue weighted by Gasteiger charge is 2.04. The Hall–Kier alpha value is -1.78. The Kier molecular flexibility index (Phi) is 3.91. The fourth-order valence-electron chi connectivity index (χ4n) is 1.23. The van der Waals surface area contributed by atoms with E-state index in [2.05, 4.69) is 15.3 Å². The van der Waals surface area contributed by atoms with Crippen LogP contribution in [-0.2, 0) is 6.54 Å². The van der Waals surface area contributed by atoms with Gasteiger partial charge in [-0.1, -0.05) is 0 Å². The topological polar surface area (TPSA) is 66.5 Å². The molecule has 0 aliphatic carbocycles. The Labute approximate surface area is 90.0 Å². The average molecular weight is 207 g/mol. The maximum absolute atomic E-state index is 5.54. The van der Waals surface area contributed by atoms with Gasteiger partial charge in [-0.3, -0.25) is 9.98 Å². The van der Waals surface area contributed by atoms with Crippen LogP contribution in [-0.4, -0.2) is 32.1 Å². The van der Waals surface area contributed by atoms with Gasteiger partial charge in [0.05, 0.1) is 17.9 Å². The van der Waals surface area contributed by atoms with Crippen LogP contribution < -0.4 is 16.0 Å². The van der Waals surface area contributed by atoms with Crippen molar-refractivity contribution in [2.45, 2.75) is 6.54 Å². The molecule has 0 atom stereocenters. The molecule has 0 spiro atoms. The van der Waals surface area contributed by atoms with Crippen molar-refractivity contribution in [2.24, 2.45) is 10.7 Å². The van der Waals surface area contributed by atoms with Crippen molar-refractivity contribution in [1.82, 2.24) is 10.3 Å². The van der Waals surface area contributed by atoms with E-state index in [-0.39, 0.29) is 0 Å². The summed E-state index contributed by atoms with van der Waals surface area (Å²) in [5.74, 6) is 0.422. The van der Waals surface area contributed by atoms with Crippen LogP contribution in [0.25, 0.3) is 0 Å². The standard InChI is InChI=1S/C10H17N5/c1-12-10(11)14-7-8-9(15(2)3)5-4-6-13-8/h4-6H,7H2,1-3H3,(H3,11,12,14). The van der Waals surface area contributed by atoms with Gasteiger partial charge in [-0.25, -0.2) is 0 Å². The fraction of sp³-hybridized carbons (Fsp3) is 0.400. The molecule has 0 fully saturated rings. The minimum Gasteiger partial charge on any atom is -0.376 e. The number of hydrogen-bond acceptors (Lipinski definition) is 3. The van der Waals surface area contributed by atoms with E-state index in [1.807, 2.05) is 31.1 Å². The van der Waals surface area contributed by atoms with Crippen LogP contribution in [0.2, 0.25) is 0 Å². The molecule has 5 heteroatoms. The lowest BCUT2D eigenvalue weighted by Crippen LogP contribution is -2.31. The van der Waals surface area contributed by atoms with Gasteiger partial charge in [-0.05, 0) is 12.1 Å². The van der Waals surface area contributed by atoms with Crippen molar-refractivity contribution in [3.63, 3.8) is 0 Å². The second-order valence-corrected chi connectivity index (χ2v) is 3.33. The molecule has 0 amide bonds. The van der Waals surface area contributed by atoms with Crippen molar-refractivity contribution in [3.05, 3.63) is 24.0 Å². The number of nitrogens with zero attached hydrogens (tertiary/aromatic N) is 3. The molecule has 0 bridgehead atoms. The summed E-state index contributed by atoms with van der Waals surface area (Å²) >= 11 is 0. The predicted molar refractivity (Wildman–Crippen MR) is 63.0 cm³/mol. The normalized spacial score (nSPS) is 11.3. The van der Waals surface area contributed by atoms with Crippen molar-refractivity contribution in [1.29, 1.82) is 0 Å². The lowest BCUT2D eigenvalue weighted by atomic mass is 10.3. The van der Waals surface area contributed by atoms with E-state index < -0.39 is 0 Å². The van der Waals surface area contributed by atoms with Gasteiger partial charge in [0.2, 0.25) is 0 Å². The average Bonchev–Trinajstić information content (AvgIpc) is 2.26. The Morgan fingerprint density at radius 3 is 2.93 bits per heavy atom. The van der Waals surface area contributed by atoms with E-state index in [1.165, 1.54) is 0 Å². The van der Waals surface area contributed by atoms with Gasteiger partial charge in [0.1, 0.15) is 0 Å². The Bertz CT molecular complexity index is 345. The van der Waals surface area contributed by atoms with E-state index in [4.69, 9.17) is 5.73 Å². The molecule has 5 nitrogen and oxygen atoms in total. The highest BCUT2D eigenvalue weighted by Crippen LogP contribution is 2.14. The highest BCUT2D eigenvalue weighted by molar-refractivity contribution is 5.77. The molecule has 1 heterocycles. The fourth-order valence-corrected chi connectivity index (χ4v) is 1.23. The summed E-state index contributed by atoms with van der Waals surface area (Å²) in [5, 5.41) is 2.98. The number of hydrogen-bond donors (Lipinski definition) is 2. The van der Waals surface area contributed by atoms with E-state index in [0.29, 0.717) is 12.5 Å². The second-order valence-electron chi connectivity index (χ2n) is 3.33. The van der Waals surface area contributed by atoms with Crippen LogP contribution in [0.3, 0.4) is 0 Å². The molecule has 0 aliphatic rings. The first-order valence-electron chi connectivity index (χ1n) is 4.72. The molecule has 0 aromatic carbocycles. The van der Waals surface area contributed by atoms with Gasteiger partial charge < -0.3 is 16.0 Å². The van der Waals surface area contributed by atoms with Gasteiger partial charge in [0, 0.05) is 27.3 Å². The minimum atomic E-state index is 0.422. The third kappa shape index (κ3) is 3.12. The highest BCUT2D eigenvalue weighted by atomic mass is 15.1. The number of pyridine rings is 1. The molecule has 0 aliphatic heterocycles. The molecule has 0 unspecified atom stereocenters. The molecule has 0 saturated heterocycles. The number of nitrogens with two attached hydrogens (primary N) is 1. The van der Waals surface area contributed by atoms with E-state index in [9.17, 15) is 0 Å². The lowest BCUT2D eigenvalue weighted by Gasteiger charge is -2.16. The maximum atomic E-state index is 5.54. The predicted octanol–water partition coefficient (Wildman–Crippen LogP) is 0.182. The summed E-state index contributed by atoms with van der Waals surface area (Å²) in [5.41, 5.74) is 7.58. The van der Waals surface area contributed by atoms with Crippen LogP contribution in [0.1, 0.15) is 5.69 Å². The number of rotatable bonds is 3. The minimum absolute atomic E-state index is 0.422. The zero-order chi connectivity index (χ0) is 11.3. The number of aliphatic imine (C=N–C) groups is 1. The molecule has 0 radical (unpaired) electrons. The largest absolute Gasteiger partial charge is 0.376 e. The Morgan fingerprint density at radius 2 is 2.33 bits per heavy atom. The SMILES string of the molecule is CN=C(N)NCc1ncccc1N(C)C. The maximum Gasteiger partial charge on any atom is 0.188 e. The summed E-state index contributed by atoms with van der Waals surface area (Å²) < 4.78 is 0. The van der Waals surface area contributed by atoms with Gasteiger partial charge in [0.25, 0.3) is 0 Å². The van der Waals surface area contributed by atoms with Crippen molar-refractivity contribution in [2.75, 3.05) is 26.0 Å². The van der Waals surface area contributed by atoms with Gasteiger partial charge in [-0.2, -0.15) is 0 Å². The zero-order valence-electron chi connectivity index (χ0n) is 9.36. The molecule has 3 N–H and O–H groups in total. The van der Waals surface area contributed by atoms with Crippen LogP contribution in [0.5, 0.6) is 0 Å². The number of anilines is 1. The first kappa shape index (κ1) is 11.3. The van der Waals surface area contributed by atoms with Gasteiger partial charge in [0.15, 0.2) is 5.96 Å². The molecule has 1 rings (SSSR count). The zero-order valence-corrected chi connectivity index (χ0v) is 9.36. The third-order valence-corrected chi connectivity index (χ3v) is 2.03. The molecule has 15 heavy (non-hydrogen) atoms. The molecule has 1 aromatic rings. The summed E-state index contributed by atoms with van der Waals surface area (Å²) in [6, 6.07) is 3.93. The third-order valence-electron chi connectivity index (χ3n) is 2.03. The first-order chi connectivity index (χ1) is 7.15. The van der Waals surface area contributed by atoms with Crippen molar-refractivity contribution < 1.29 is 0 Å². The van der Waals surface area contributed by atoms with Crippen LogP contribution in [0, 0.1) is 0 Å².